The van der Waals surface area contributed by atoms with Gasteiger partial charge in [-0.15, -0.1) is 0 Å². The van der Waals surface area contributed by atoms with Crippen molar-refractivity contribution >= 4 is 5.69 Å². The first-order chi connectivity index (χ1) is 9.03. The molecular formula is C17H30N2. The van der Waals surface area contributed by atoms with Gasteiger partial charge in [0.05, 0.1) is 0 Å². The van der Waals surface area contributed by atoms with E-state index in [2.05, 4.69) is 57.7 Å². The highest BCUT2D eigenvalue weighted by atomic mass is 15.2. The third-order valence-corrected chi connectivity index (χ3v) is 3.82. The summed E-state index contributed by atoms with van der Waals surface area (Å²) < 4.78 is 0. The summed E-state index contributed by atoms with van der Waals surface area (Å²) in [4.78, 5) is 2.57. The fourth-order valence-corrected chi connectivity index (χ4v) is 2.68. The Morgan fingerprint density at radius 2 is 1.79 bits per heavy atom. The van der Waals surface area contributed by atoms with Gasteiger partial charge in [0, 0.05) is 24.8 Å². The maximum absolute atomic E-state index is 5.76. The van der Waals surface area contributed by atoms with Crippen molar-refractivity contribution in [1.82, 2.24) is 0 Å². The Hall–Kier alpha value is -1.02. The molecule has 0 aromatic heterocycles. The molecule has 0 saturated carbocycles. The van der Waals surface area contributed by atoms with Crippen LogP contribution < -0.4 is 10.6 Å². The zero-order valence-electron chi connectivity index (χ0n) is 13.2. The van der Waals surface area contributed by atoms with Crippen LogP contribution in [-0.4, -0.2) is 12.6 Å². The minimum absolute atomic E-state index is 0.626. The number of benzene rings is 1. The third kappa shape index (κ3) is 4.24. The average Bonchev–Trinajstić information content (AvgIpc) is 2.38. The van der Waals surface area contributed by atoms with Gasteiger partial charge in [-0.1, -0.05) is 33.8 Å². The van der Waals surface area contributed by atoms with Crippen LogP contribution in [-0.2, 0) is 6.54 Å². The van der Waals surface area contributed by atoms with Crippen molar-refractivity contribution in [2.45, 2.75) is 60.0 Å². The van der Waals surface area contributed by atoms with E-state index in [9.17, 15) is 0 Å². The highest BCUT2D eigenvalue weighted by Gasteiger charge is 2.17. The molecule has 0 radical (unpaired) electrons. The Morgan fingerprint density at radius 1 is 1.16 bits per heavy atom. The van der Waals surface area contributed by atoms with Crippen LogP contribution in [0.5, 0.6) is 0 Å². The summed E-state index contributed by atoms with van der Waals surface area (Å²) in [6, 6.07) is 7.34. The largest absolute Gasteiger partial charge is 0.368 e. The van der Waals surface area contributed by atoms with Gasteiger partial charge in [0.25, 0.3) is 0 Å². The molecule has 0 heterocycles. The molecule has 1 rings (SSSR count). The van der Waals surface area contributed by atoms with E-state index in [0.29, 0.717) is 18.5 Å². The molecule has 19 heavy (non-hydrogen) atoms. The Balaban J connectivity index is 3.05. The summed E-state index contributed by atoms with van der Waals surface area (Å²) >= 11 is 0. The lowest BCUT2D eigenvalue weighted by Gasteiger charge is -2.34. The van der Waals surface area contributed by atoms with Crippen LogP contribution in [0.25, 0.3) is 0 Å². The van der Waals surface area contributed by atoms with Crippen LogP contribution in [0.1, 0.15) is 51.7 Å². The molecule has 0 amide bonds. The molecule has 0 fully saturated rings. The summed E-state index contributed by atoms with van der Waals surface area (Å²) in [5.74, 6) is 0.676. The number of hydrogen-bond acceptors (Lipinski definition) is 2. The fraction of sp³-hybridized carbons (Fsp3) is 0.647. The normalized spacial score (nSPS) is 11.4. The van der Waals surface area contributed by atoms with Gasteiger partial charge >= 0.3 is 0 Å². The van der Waals surface area contributed by atoms with Crippen LogP contribution in [0.2, 0.25) is 0 Å². The zero-order chi connectivity index (χ0) is 14.4. The Bertz CT molecular complexity index is 381. The second-order valence-corrected chi connectivity index (χ2v) is 5.83. The summed E-state index contributed by atoms with van der Waals surface area (Å²) in [7, 11) is 0. The number of anilines is 1. The monoisotopic (exact) mass is 262 g/mol. The van der Waals surface area contributed by atoms with Gasteiger partial charge in [-0.25, -0.2) is 0 Å². The molecular weight excluding hydrogens is 232 g/mol. The quantitative estimate of drug-likeness (QED) is 0.801. The van der Waals surface area contributed by atoms with Crippen molar-refractivity contribution in [1.29, 1.82) is 0 Å². The Kier molecular flexibility index (Phi) is 6.36. The van der Waals surface area contributed by atoms with E-state index >= 15 is 0 Å². The standard InChI is InChI=1S/C17H30N2/c1-6-16(7-2)19(12-13(3)4)17-9-8-15(11-18)14(5)10-17/h8-10,13,16H,6-7,11-12,18H2,1-5H3. The average molecular weight is 262 g/mol. The topological polar surface area (TPSA) is 29.3 Å². The Morgan fingerprint density at radius 3 is 2.21 bits per heavy atom. The van der Waals surface area contributed by atoms with E-state index in [1.807, 2.05) is 0 Å². The highest BCUT2D eigenvalue weighted by molar-refractivity contribution is 5.51. The molecule has 0 aliphatic rings. The lowest BCUT2D eigenvalue weighted by molar-refractivity contribution is 0.507. The molecule has 0 aliphatic heterocycles. The molecule has 0 saturated heterocycles. The van der Waals surface area contributed by atoms with Crippen LogP contribution in [0.3, 0.4) is 0 Å². The van der Waals surface area contributed by atoms with Crippen molar-refractivity contribution in [3.05, 3.63) is 29.3 Å². The lowest BCUT2D eigenvalue weighted by Crippen LogP contribution is -2.37. The number of aryl methyl sites for hydroxylation is 1. The van der Waals surface area contributed by atoms with E-state index in [1.54, 1.807) is 0 Å². The second-order valence-electron chi connectivity index (χ2n) is 5.83. The van der Waals surface area contributed by atoms with E-state index in [1.165, 1.54) is 29.7 Å². The van der Waals surface area contributed by atoms with Crippen LogP contribution in [0.4, 0.5) is 5.69 Å². The van der Waals surface area contributed by atoms with Crippen LogP contribution >= 0.6 is 0 Å². The number of nitrogens with two attached hydrogens (primary N) is 1. The van der Waals surface area contributed by atoms with Crippen molar-refractivity contribution in [3.63, 3.8) is 0 Å². The van der Waals surface area contributed by atoms with Gasteiger partial charge in [0.1, 0.15) is 0 Å². The van der Waals surface area contributed by atoms with E-state index in [4.69, 9.17) is 5.73 Å². The SMILES string of the molecule is CCC(CC)N(CC(C)C)c1ccc(CN)c(C)c1. The molecule has 2 N–H and O–H groups in total. The number of rotatable bonds is 7. The van der Waals surface area contributed by atoms with E-state index in [-0.39, 0.29) is 0 Å². The fourth-order valence-electron chi connectivity index (χ4n) is 2.68. The van der Waals surface area contributed by atoms with Gasteiger partial charge in [-0.3, -0.25) is 0 Å². The first-order valence-corrected chi connectivity index (χ1v) is 7.59. The molecule has 0 spiro atoms. The predicted molar refractivity (Wildman–Crippen MR) is 85.6 cm³/mol. The molecule has 1 aromatic carbocycles. The molecule has 108 valence electrons. The minimum atomic E-state index is 0.626. The van der Waals surface area contributed by atoms with Crippen molar-refractivity contribution < 1.29 is 0 Å². The lowest BCUT2D eigenvalue weighted by atomic mass is 10.0. The molecule has 1 aromatic rings. The van der Waals surface area contributed by atoms with Gasteiger partial charge < -0.3 is 10.6 Å². The summed E-state index contributed by atoms with van der Waals surface area (Å²) in [5.41, 5.74) is 9.65. The first-order valence-electron chi connectivity index (χ1n) is 7.59. The van der Waals surface area contributed by atoms with Crippen LogP contribution in [0, 0.1) is 12.8 Å². The van der Waals surface area contributed by atoms with Crippen molar-refractivity contribution in [2.24, 2.45) is 11.7 Å². The summed E-state index contributed by atoms with van der Waals surface area (Å²) in [6.45, 7) is 13.0. The van der Waals surface area contributed by atoms with E-state index in [0.717, 1.165) is 6.54 Å². The van der Waals surface area contributed by atoms with Gasteiger partial charge in [0.15, 0.2) is 0 Å². The molecule has 2 heteroatoms. The molecule has 2 nitrogen and oxygen atoms in total. The smallest absolute Gasteiger partial charge is 0.0371 e. The summed E-state index contributed by atoms with van der Waals surface area (Å²) in [5, 5.41) is 0. The summed E-state index contributed by atoms with van der Waals surface area (Å²) in [6.07, 6.45) is 2.39. The maximum Gasteiger partial charge on any atom is 0.0371 e. The third-order valence-electron chi connectivity index (χ3n) is 3.82. The first kappa shape index (κ1) is 16.0. The number of hydrogen-bond donors (Lipinski definition) is 1. The van der Waals surface area contributed by atoms with Gasteiger partial charge in [0.2, 0.25) is 0 Å². The van der Waals surface area contributed by atoms with Gasteiger partial charge in [-0.2, -0.15) is 0 Å². The Labute approximate surface area is 119 Å². The molecule has 0 unspecified atom stereocenters. The highest BCUT2D eigenvalue weighted by Crippen LogP contribution is 2.24. The minimum Gasteiger partial charge on any atom is -0.368 e. The molecule has 0 aliphatic carbocycles. The zero-order valence-corrected chi connectivity index (χ0v) is 13.2. The van der Waals surface area contributed by atoms with Crippen molar-refractivity contribution in [2.75, 3.05) is 11.4 Å². The maximum atomic E-state index is 5.76. The number of nitrogens with zero attached hydrogens (tertiary/aromatic N) is 1. The predicted octanol–water partition coefficient (Wildman–Crippen LogP) is 4.10. The molecule has 0 atom stereocenters. The van der Waals surface area contributed by atoms with Crippen molar-refractivity contribution in [3.8, 4) is 0 Å². The second kappa shape index (κ2) is 7.54. The molecule has 0 bridgehead atoms. The van der Waals surface area contributed by atoms with Gasteiger partial charge in [-0.05, 0) is 48.9 Å². The van der Waals surface area contributed by atoms with Crippen LogP contribution in [0.15, 0.2) is 18.2 Å². The van der Waals surface area contributed by atoms with E-state index < -0.39 is 0 Å².